The van der Waals surface area contributed by atoms with Crippen LogP contribution < -0.4 is 10.1 Å². The minimum absolute atomic E-state index is 0.0113. The summed E-state index contributed by atoms with van der Waals surface area (Å²) in [5.74, 6) is 0.519. The lowest BCUT2D eigenvalue weighted by Crippen LogP contribution is -2.42. The normalized spacial score (nSPS) is 24.8. The van der Waals surface area contributed by atoms with Gasteiger partial charge in [-0.3, -0.25) is 0 Å². The number of nitrogens with one attached hydrogen (secondary N) is 1. The summed E-state index contributed by atoms with van der Waals surface area (Å²) in [4.78, 5) is 0.220. The van der Waals surface area contributed by atoms with Crippen LogP contribution in [0.2, 0.25) is 0 Å². The second kappa shape index (κ2) is 7.09. The van der Waals surface area contributed by atoms with Crippen LogP contribution in [0, 0.1) is 5.92 Å². The van der Waals surface area contributed by atoms with Crippen molar-refractivity contribution in [2.45, 2.75) is 23.4 Å². The highest BCUT2D eigenvalue weighted by Gasteiger charge is 2.48. The number of ether oxygens (including phenoxy) is 1. The van der Waals surface area contributed by atoms with E-state index in [1.165, 1.54) is 7.11 Å². The summed E-state index contributed by atoms with van der Waals surface area (Å²) in [6, 6.07) is 11.9. The average molecular weight is 453 g/mol. The molecule has 0 bridgehead atoms. The molecule has 0 aromatic heterocycles. The molecule has 0 unspecified atom stereocenters. The molecule has 2 aromatic carbocycles. The van der Waals surface area contributed by atoms with Gasteiger partial charge in [-0.1, -0.05) is 22.0 Å². The molecule has 0 radical (unpaired) electrons. The van der Waals surface area contributed by atoms with Gasteiger partial charge in [0.2, 0.25) is 10.0 Å². The van der Waals surface area contributed by atoms with E-state index >= 15 is 0 Å². The zero-order valence-corrected chi connectivity index (χ0v) is 17.2. The number of halogens is 1. The second-order valence-electron chi connectivity index (χ2n) is 6.86. The van der Waals surface area contributed by atoms with E-state index in [0.29, 0.717) is 18.7 Å². The van der Waals surface area contributed by atoms with Gasteiger partial charge in [-0.25, -0.2) is 8.42 Å². The number of aliphatic hydroxyl groups is 1. The van der Waals surface area contributed by atoms with Crippen LogP contribution in [0.4, 0.5) is 5.69 Å². The summed E-state index contributed by atoms with van der Waals surface area (Å²) in [6.07, 6.45) is 0.693. The smallest absolute Gasteiger partial charge is 0.243 e. The zero-order chi connectivity index (χ0) is 19.2. The first-order valence-electron chi connectivity index (χ1n) is 8.78. The van der Waals surface area contributed by atoms with Crippen molar-refractivity contribution in [3.05, 3.63) is 52.5 Å². The molecule has 2 aliphatic rings. The Bertz CT molecular complexity index is 966. The molecule has 0 aliphatic carbocycles. The maximum absolute atomic E-state index is 13.4. The van der Waals surface area contributed by atoms with Gasteiger partial charge in [0.15, 0.2) is 0 Å². The molecule has 8 heteroatoms. The highest BCUT2D eigenvalue weighted by atomic mass is 79.9. The molecule has 3 atom stereocenters. The number of nitrogens with zero attached hydrogens (tertiary/aromatic N) is 1. The molecule has 2 aromatic rings. The topological polar surface area (TPSA) is 78.9 Å². The Morgan fingerprint density at radius 3 is 2.85 bits per heavy atom. The highest BCUT2D eigenvalue weighted by Crippen LogP contribution is 2.49. The zero-order valence-electron chi connectivity index (χ0n) is 14.8. The van der Waals surface area contributed by atoms with Gasteiger partial charge in [0.1, 0.15) is 5.75 Å². The first-order chi connectivity index (χ1) is 13.0. The van der Waals surface area contributed by atoms with Crippen LogP contribution in [-0.4, -0.2) is 44.1 Å². The first-order valence-corrected chi connectivity index (χ1v) is 11.0. The largest absolute Gasteiger partial charge is 0.497 e. The van der Waals surface area contributed by atoms with E-state index in [0.717, 1.165) is 15.7 Å². The first kappa shape index (κ1) is 18.7. The van der Waals surface area contributed by atoms with Crippen molar-refractivity contribution < 1.29 is 18.3 Å². The quantitative estimate of drug-likeness (QED) is 0.745. The van der Waals surface area contributed by atoms with Crippen molar-refractivity contribution in [2.24, 2.45) is 5.92 Å². The third kappa shape index (κ3) is 3.14. The number of aliphatic hydroxyl groups excluding tert-OH is 1. The summed E-state index contributed by atoms with van der Waals surface area (Å²) in [6.45, 7) is 0.378. The second-order valence-corrected chi connectivity index (χ2v) is 9.66. The standard InChI is InChI=1S/C19H21BrN2O4S/c1-26-13-3-2-4-14(10-13)27(24,25)22-8-7-15-18(11-23)21-17-6-5-12(20)9-16(17)19(15)22/h2-6,9-10,15,18-19,21,23H,7-8,11H2,1H3/t15-,18+,19-/m0/s1. The number of sulfonamides is 1. The van der Waals surface area contributed by atoms with Gasteiger partial charge in [0.25, 0.3) is 0 Å². The lowest BCUT2D eigenvalue weighted by Gasteiger charge is -2.38. The molecule has 1 fully saturated rings. The summed E-state index contributed by atoms with van der Waals surface area (Å²) >= 11 is 3.49. The molecule has 4 rings (SSSR count). The Kier molecular flexibility index (Phi) is 4.92. The van der Waals surface area contributed by atoms with Gasteiger partial charge in [-0.15, -0.1) is 0 Å². The minimum Gasteiger partial charge on any atom is -0.497 e. The van der Waals surface area contributed by atoms with Crippen molar-refractivity contribution in [2.75, 3.05) is 25.6 Å². The van der Waals surface area contributed by atoms with E-state index in [1.807, 2.05) is 18.2 Å². The molecule has 144 valence electrons. The van der Waals surface area contributed by atoms with Crippen LogP contribution in [-0.2, 0) is 10.0 Å². The molecule has 0 amide bonds. The lowest BCUT2D eigenvalue weighted by atomic mass is 9.84. The van der Waals surface area contributed by atoms with Crippen molar-refractivity contribution in [1.29, 1.82) is 0 Å². The number of hydrogen-bond donors (Lipinski definition) is 2. The molecular formula is C19H21BrN2O4S. The van der Waals surface area contributed by atoms with E-state index in [9.17, 15) is 13.5 Å². The Morgan fingerprint density at radius 2 is 2.11 bits per heavy atom. The fourth-order valence-electron chi connectivity index (χ4n) is 4.16. The molecule has 6 nitrogen and oxygen atoms in total. The van der Waals surface area contributed by atoms with Crippen molar-refractivity contribution in [3.8, 4) is 5.75 Å². The van der Waals surface area contributed by atoms with E-state index in [4.69, 9.17) is 4.74 Å². The number of fused-ring (bicyclic) bond motifs is 3. The lowest BCUT2D eigenvalue weighted by molar-refractivity contribution is 0.210. The van der Waals surface area contributed by atoms with Crippen molar-refractivity contribution in [1.82, 2.24) is 4.31 Å². The van der Waals surface area contributed by atoms with E-state index in [2.05, 4.69) is 21.2 Å². The predicted molar refractivity (Wildman–Crippen MR) is 106 cm³/mol. The van der Waals surface area contributed by atoms with Gasteiger partial charge in [-0.2, -0.15) is 4.31 Å². The third-order valence-electron chi connectivity index (χ3n) is 5.43. The van der Waals surface area contributed by atoms with Crippen molar-refractivity contribution in [3.63, 3.8) is 0 Å². The van der Waals surface area contributed by atoms with Gasteiger partial charge in [0.05, 0.1) is 30.7 Å². The van der Waals surface area contributed by atoms with E-state index in [1.54, 1.807) is 28.6 Å². The van der Waals surface area contributed by atoms with E-state index in [-0.39, 0.29) is 29.5 Å². The maximum atomic E-state index is 13.4. The fourth-order valence-corrected chi connectivity index (χ4v) is 6.24. The average Bonchev–Trinajstić information content (AvgIpc) is 3.14. The summed E-state index contributed by atoms with van der Waals surface area (Å²) in [5.41, 5.74) is 1.80. The SMILES string of the molecule is COc1cccc(S(=O)(=O)N2CC[C@@H]3[C@H]2c2cc(Br)ccc2N[C@@H]3CO)c1. The minimum atomic E-state index is -3.70. The predicted octanol–water partition coefficient (Wildman–Crippen LogP) is 3.00. The molecule has 2 heterocycles. The summed E-state index contributed by atoms with van der Waals surface area (Å²) < 4.78 is 34.5. The molecule has 2 N–H and O–H groups in total. The number of hydrogen-bond acceptors (Lipinski definition) is 5. The van der Waals surface area contributed by atoms with Crippen molar-refractivity contribution >= 4 is 31.6 Å². The Labute approximate surface area is 167 Å². The van der Waals surface area contributed by atoms with Crippen LogP contribution >= 0.6 is 15.9 Å². The van der Waals surface area contributed by atoms with Crippen LogP contribution in [0.3, 0.4) is 0 Å². The molecule has 0 spiro atoms. The number of anilines is 1. The molecule has 0 saturated carbocycles. The number of methoxy groups -OCH3 is 1. The van der Waals surface area contributed by atoms with Gasteiger partial charge < -0.3 is 15.2 Å². The maximum Gasteiger partial charge on any atom is 0.243 e. The van der Waals surface area contributed by atoms with Crippen LogP contribution in [0.5, 0.6) is 5.75 Å². The fraction of sp³-hybridized carbons (Fsp3) is 0.368. The number of rotatable bonds is 4. The van der Waals surface area contributed by atoms with Crippen LogP contribution in [0.1, 0.15) is 18.0 Å². The molecule has 2 aliphatic heterocycles. The Morgan fingerprint density at radius 1 is 1.30 bits per heavy atom. The molecule has 27 heavy (non-hydrogen) atoms. The van der Waals surface area contributed by atoms with Gasteiger partial charge >= 0.3 is 0 Å². The summed E-state index contributed by atoms with van der Waals surface area (Å²) in [7, 11) is -2.18. The Balaban J connectivity index is 1.80. The summed E-state index contributed by atoms with van der Waals surface area (Å²) in [5, 5.41) is 13.2. The third-order valence-corrected chi connectivity index (χ3v) is 7.80. The van der Waals surface area contributed by atoms with Crippen LogP contribution in [0.15, 0.2) is 51.8 Å². The molecule has 1 saturated heterocycles. The number of benzene rings is 2. The van der Waals surface area contributed by atoms with Crippen LogP contribution in [0.25, 0.3) is 0 Å². The van der Waals surface area contributed by atoms with E-state index < -0.39 is 10.0 Å². The monoisotopic (exact) mass is 452 g/mol. The Hall–Kier alpha value is -1.61. The highest BCUT2D eigenvalue weighted by molar-refractivity contribution is 9.10. The van der Waals surface area contributed by atoms with Gasteiger partial charge in [0, 0.05) is 28.7 Å². The molecular weight excluding hydrogens is 432 g/mol. The van der Waals surface area contributed by atoms with Gasteiger partial charge in [-0.05, 0) is 42.3 Å².